The summed E-state index contributed by atoms with van der Waals surface area (Å²) in [7, 11) is 0. The molecule has 0 aromatic carbocycles. The summed E-state index contributed by atoms with van der Waals surface area (Å²) in [6.45, 7) is 5.37. The first-order valence-electron chi connectivity index (χ1n) is 13.2. The summed E-state index contributed by atoms with van der Waals surface area (Å²) in [5.41, 5.74) is 3.08. The Morgan fingerprint density at radius 1 is 1.11 bits per heavy atom. The van der Waals surface area contributed by atoms with E-state index in [0.29, 0.717) is 24.3 Å². The summed E-state index contributed by atoms with van der Waals surface area (Å²) in [5, 5.41) is 12.6. The van der Waals surface area contributed by atoms with Crippen LogP contribution in [0, 0.1) is 28.6 Å². The summed E-state index contributed by atoms with van der Waals surface area (Å²) in [6, 6.07) is 0.141. The summed E-state index contributed by atoms with van der Waals surface area (Å²) in [4.78, 5) is 33.9. The van der Waals surface area contributed by atoms with Gasteiger partial charge in [0, 0.05) is 42.0 Å². The summed E-state index contributed by atoms with van der Waals surface area (Å²) < 4.78 is 1.95. The van der Waals surface area contributed by atoms with Crippen molar-refractivity contribution in [3.8, 4) is 0 Å². The first-order valence-corrected chi connectivity index (χ1v) is 13.2. The Labute approximate surface area is 211 Å². The van der Waals surface area contributed by atoms with Crippen molar-refractivity contribution in [3.63, 3.8) is 0 Å². The van der Waals surface area contributed by atoms with Gasteiger partial charge >= 0.3 is 12.0 Å². The molecule has 2 fully saturated rings. The number of nitrogens with zero attached hydrogens (tertiary/aromatic N) is 4. The van der Waals surface area contributed by atoms with Crippen molar-refractivity contribution >= 4 is 23.9 Å². The largest absolute Gasteiger partial charge is 0.476 e. The lowest BCUT2D eigenvalue weighted by Crippen LogP contribution is -2.52. The van der Waals surface area contributed by atoms with Gasteiger partial charge in [0.2, 0.25) is 0 Å². The van der Waals surface area contributed by atoms with Gasteiger partial charge in [0.05, 0.1) is 12.9 Å². The fraction of sp³-hybridized carbons (Fsp3) is 0.571. The molecule has 5 aliphatic rings. The van der Waals surface area contributed by atoms with Gasteiger partial charge in [0.25, 0.3) is 0 Å². The molecule has 6 rings (SSSR count). The predicted octanol–water partition coefficient (Wildman–Crippen LogP) is 4.93. The van der Waals surface area contributed by atoms with Crippen LogP contribution in [0.25, 0.3) is 5.70 Å². The number of carboxylic acid groups (broad SMARTS) is 1. The number of fused-ring (bicyclic) bond motifs is 5. The Morgan fingerprint density at radius 2 is 1.94 bits per heavy atom. The van der Waals surface area contributed by atoms with Crippen LogP contribution in [0.15, 0.2) is 47.6 Å². The molecule has 0 bridgehead atoms. The minimum absolute atomic E-state index is 0.0375. The molecule has 2 N–H and O–H groups in total. The number of carbonyl (C=O) groups is 2. The molecule has 2 amide bonds. The van der Waals surface area contributed by atoms with Gasteiger partial charge in [-0.1, -0.05) is 31.6 Å². The van der Waals surface area contributed by atoms with Crippen molar-refractivity contribution in [2.75, 3.05) is 6.54 Å². The molecule has 0 spiro atoms. The van der Waals surface area contributed by atoms with Crippen LogP contribution < -0.4 is 5.32 Å². The number of hydrogen-bond acceptors (Lipinski definition) is 4. The van der Waals surface area contributed by atoms with E-state index in [-0.39, 0.29) is 28.6 Å². The molecule has 3 unspecified atom stereocenters. The highest BCUT2D eigenvalue weighted by Crippen LogP contribution is 2.65. The number of allylic oxidation sites excluding steroid dienone is 3. The Bertz CT molecular complexity index is 1210. The number of rotatable bonds is 3. The molecule has 8 heteroatoms. The van der Waals surface area contributed by atoms with Crippen molar-refractivity contribution in [2.24, 2.45) is 33.6 Å². The minimum atomic E-state index is -0.983. The monoisotopic (exact) mass is 489 g/mol. The Hall–Kier alpha value is -3.16. The van der Waals surface area contributed by atoms with Gasteiger partial charge in [-0.25, -0.2) is 14.6 Å². The molecule has 2 heterocycles. The summed E-state index contributed by atoms with van der Waals surface area (Å²) in [5.74, 6) is 0.849. The number of imidazole rings is 1. The molecule has 1 aromatic rings. The second-order valence-corrected chi connectivity index (χ2v) is 11.7. The quantitative estimate of drug-likeness (QED) is 0.588. The maximum atomic E-state index is 12.7. The number of aliphatic imine (C=N–C) groups is 1. The number of carboxylic acids is 1. The van der Waals surface area contributed by atoms with Crippen molar-refractivity contribution in [2.45, 2.75) is 64.8 Å². The molecule has 4 aliphatic carbocycles. The van der Waals surface area contributed by atoms with Crippen molar-refractivity contribution in [3.05, 3.63) is 48.3 Å². The van der Waals surface area contributed by atoms with Gasteiger partial charge in [-0.2, -0.15) is 0 Å². The molecule has 1 aromatic heterocycles. The zero-order valence-electron chi connectivity index (χ0n) is 21.1. The van der Waals surface area contributed by atoms with Gasteiger partial charge in [0.1, 0.15) is 0 Å². The maximum absolute atomic E-state index is 12.7. The van der Waals surface area contributed by atoms with Crippen LogP contribution in [0.5, 0.6) is 0 Å². The average molecular weight is 490 g/mol. The second kappa shape index (κ2) is 8.46. The number of nitrogens with one attached hydrogen (secondary N) is 1. The summed E-state index contributed by atoms with van der Waals surface area (Å²) in [6.07, 6.45) is 20.8. The lowest BCUT2D eigenvalue weighted by atomic mass is 9.47. The van der Waals surface area contributed by atoms with Gasteiger partial charge in [-0.05, 0) is 68.1 Å². The molecule has 8 nitrogen and oxygen atoms in total. The zero-order chi connectivity index (χ0) is 25.1. The van der Waals surface area contributed by atoms with E-state index >= 15 is 0 Å². The average Bonchev–Trinajstić information content (AvgIpc) is 3.49. The number of amides is 2. The standard InChI is InChI=1S/C28H35N5O3/c1-27-9-7-19(31-26(36)32-13-11-29-12-14-32)15-18(27)3-4-20-21-5-6-24(28(21,2)10-8-22(20)27)33-16-23(25(34)35)30-17-33/h3,6,11-13,16-17,19-22H,4-5,7-10,14-15H2,1-2H3,(H,31,36)(H,34,35)/t19-,20?,21?,22?,27-,28-/m0/s1. The van der Waals surface area contributed by atoms with E-state index in [1.165, 1.54) is 17.7 Å². The molecule has 36 heavy (non-hydrogen) atoms. The van der Waals surface area contributed by atoms with Crippen LogP contribution in [-0.2, 0) is 0 Å². The number of carbonyl (C=O) groups excluding carboxylic acids is 1. The van der Waals surface area contributed by atoms with E-state index in [0.717, 1.165) is 38.5 Å². The van der Waals surface area contributed by atoms with Gasteiger partial charge in [0.15, 0.2) is 5.69 Å². The topological polar surface area (TPSA) is 99.8 Å². The maximum Gasteiger partial charge on any atom is 0.356 e. The molecular formula is C28H35N5O3. The fourth-order valence-electron chi connectivity index (χ4n) is 8.08. The molecular weight excluding hydrogens is 454 g/mol. The molecule has 0 radical (unpaired) electrons. The lowest BCUT2D eigenvalue weighted by Gasteiger charge is -2.58. The molecule has 0 saturated heterocycles. The highest BCUT2D eigenvalue weighted by Gasteiger charge is 2.57. The SMILES string of the molecule is C[C@]12CC[C@H](NC(=O)N3C=CN=CC3)CC1=CCC1C2CC[C@]2(C)C(n3cnc(C(=O)O)c3)=CCC12. The van der Waals surface area contributed by atoms with Crippen molar-refractivity contribution in [1.82, 2.24) is 19.8 Å². The van der Waals surface area contributed by atoms with Crippen LogP contribution in [0.2, 0.25) is 0 Å². The second-order valence-electron chi connectivity index (χ2n) is 11.7. The van der Waals surface area contributed by atoms with E-state index in [1.807, 2.05) is 4.57 Å². The Balaban J connectivity index is 1.18. The normalized spacial score (nSPS) is 36.9. The third-order valence-corrected chi connectivity index (χ3v) is 10.0. The van der Waals surface area contributed by atoms with E-state index in [1.54, 1.807) is 36.0 Å². The number of aromatic carboxylic acids is 1. The zero-order valence-corrected chi connectivity index (χ0v) is 21.1. The fourth-order valence-corrected chi connectivity index (χ4v) is 8.08. The predicted molar refractivity (Wildman–Crippen MR) is 137 cm³/mol. The molecule has 1 aliphatic heterocycles. The first-order chi connectivity index (χ1) is 17.3. The lowest BCUT2D eigenvalue weighted by molar-refractivity contribution is -0.0135. The van der Waals surface area contributed by atoms with Crippen LogP contribution in [0.1, 0.15) is 69.3 Å². The van der Waals surface area contributed by atoms with Crippen molar-refractivity contribution < 1.29 is 14.7 Å². The third kappa shape index (κ3) is 3.56. The van der Waals surface area contributed by atoms with Crippen LogP contribution in [-0.4, -0.2) is 50.4 Å². The molecule has 190 valence electrons. The highest BCUT2D eigenvalue weighted by molar-refractivity contribution is 5.85. The van der Waals surface area contributed by atoms with E-state index in [4.69, 9.17) is 0 Å². The number of aromatic nitrogens is 2. The van der Waals surface area contributed by atoms with Crippen LogP contribution in [0.3, 0.4) is 0 Å². The Morgan fingerprint density at radius 3 is 2.69 bits per heavy atom. The third-order valence-electron chi connectivity index (χ3n) is 10.0. The van der Waals surface area contributed by atoms with Crippen molar-refractivity contribution in [1.29, 1.82) is 0 Å². The van der Waals surface area contributed by atoms with E-state index < -0.39 is 5.97 Å². The Kier molecular flexibility index (Phi) is 5.46. The summed E-state index contributed by atoms with van der Waals surface area (Å²) >= 11 is 0. The number of urea groups is 1. The van der Waals surface area contributed by atoms with E-state index in [2.05, 4.69) is 41.3 Å². The number of hydrogen-bond donors (Lipinski definition) is 2. The first kappa shape index (κ1) is 23.3. The highest BCUT2D eigenvalue weighted by atomic mass is 16.4. The molecule has 2 saturated carbocycles. The van der Waals surface area contributed by atoms with Crippen LogP contribution >= 0.6 is 0 Å². The van der Waals surface area contributed by atoms with Gasteiger partial charge in [-0.15, -0.1) is 0 Å². The minimum Gasteiger partial charge on any atom is -0.476 e. The smallest absolute Gasteiger partial charge is 0.356 e. The van der Waals surface area contributed by atoms with Crippen LogP contribution in [0.4, 0.5) is 4.79 Å². The molecule has 6 atom stereocenters. The van der Waals surface area contributed by atoms with E-state index in [9.17, 15) is 14.7 Å². The van der Waals surface area contributed by atoms with Gasteiger partial charge < -0.3 is 15.0 Å². The van der Waals surface area contributed by atoms with Gasteiger partial charge in [-0.3, -0.25) is 9.89 Å².